The highest BCUT2D eigenvalue weighted by Gasteiger charge is 2.12. The number of rotatable bonds is 1. The summed E-state index contributed by atoms with van der Waals surface area (Å²) in [6.07, 6.45) is 0. The molecular formula is C14H9ClN4. The Morgan fingerprint density at radius 1 is 1.00 bits per heavy atom. The Morgan fingerprint density at radius 3 is 2.79 bits per heavy atom. The molecule has 4 rings (SSSR count). The second kappa shape index (κ2) is 3.83. The predicted molar refractivity (Wildman–Crippen MR) is 76.2 cm³/mol. The Balaban J connectivity index is 1.98. The maximum atomic E-state index is 5.97. The number of aromatic amines is 2. The number of benzene rings is 2. The highest BCUT2D eigenvalue weighted by Crippen LogP contribution is 2.27. The van der Waals surface area contributed by atoms with E-state index in [4.69, 9.17) is 11.6 Å². The molecule has 92 valence electrons. The van der Waals surface area contributed by atoms with Crippen LogP contribution in [0.1, 0.15) is 0 Å². The maximum absolute atomic E-state index is 5.97. The molecule has 0 amide bonds. The monoisotopic (exact) mass is 268 g/mol. The number of halogens is 1. The third-order valence-corrected chi connectivity index (χ3v) is 3.37. The first-order valence-electron chi connectivity index (χ1n) is 5.90. The van der Waals surface area contributed by atoms with E-state index in [-0.39, 0.29) is 0 Å². The van der Waals surface area contributed by atoms with Gasteiger partial charge in [0.1, 0.15) is 5.69 Å². The van der Waals surface area contributed by atoms with Crippen molar-refractivity contribution in [2.24, 2.45) is 0 Å². The number of H-pyrrole nitrogens is 2. The average molecular weight is 269 g/mol. The van der Waals surface area contributed by atoms with Crippen LogP contribution in [0.3, 0.4) is 0 Å². The summed E-state index contributed by atoms with van der Waals surface area (Å²) in [7, 11) is 0. The minimum Gasteiger partial charge on any atom is -0.337 e. The molecule has 2 aromatic heterocycles. The van der Waals surface area contributed by atoms with Crippen molar-refractivity contribution in [1.29, 1.82) is 0 Å². The minimum absolute atomic E-state index is 0.687. The van der Waals surface area contributed by atoms with Crippen molar-refractivity contribution < 1.29 is 0 Å². The molecule has 0 atom stereocenters. The van der Waals surface area contributed by atoms with E-state index < -0.39 is 0 Å². The van der Waals surface area contributed by atoms with Crippen molar-refractivity contribution in [3.05, 3.63) is 47.5 Å². The number of imidazole rings is 1. The van der Waals surface area contributed by atoms with Gasteiger partial charge in [0.2, 0.25) is 0 Å². The van der Waals surface area contributed by atoms with Gasteiger partial charge in [-0.1, -0.05) is 23.7 Å². The van der Waals surface area contributed by atoms with E-state index in [0.717, 1.165) is 33.5 Å². The summed E-state index contributed by atoms with van der Waals surface area (Å²) >= 11 is 5.97. The summed E-state index contributed by atoms with van der Waals surface area (Å²) in [4.78, 5) is 7.83. The lowest BCUT2D eigenvalue weighted by molar-refractivity contribution is 1.11. The molecule has 0 aliphatic carbocycles. The van der Waals surface area contributed by atoms with Gasteiger partial charge in [0, 0.05) is 10.4 Å². The second-order valence-corrected chi connectivity index (χ2v) is 4.80. The van der Waals surface area contributed by atoms with E-state index in [2.05, 4.69) is 20.2 Å². The van der Waals surface area contributed by atoms with Gasteiger partial charge in [-0.3, -0.25) is 5.10 Å². The summed E-state index contributed by atoms with van der Waals surface area (Å²) in [5.74, 6) is 0.759. The van der Waals surface area contributed by atoms with E-state index in [1.165, 1.54) is 0 Å². The molecule has 19 heavy (non-hydrogen) atoms. The van der Waals surface area contributed by atoms with Crippen LogP contribution in [-0.4, -0.2) is 20.2 Å². The quantitative estimate of drug-likeness (QED) is 0.552. The zero-order chi connectivity index (χ0) is 12.8. The first-order valence-corrected chi connectivity index (χ1v) is 6.28. The standard InChI is InChI=1S/C14H9ClN4/c15-8-5-6-9-12(7-8)18-19-13(9)14-16-10-3-1-2-4-11(10)17-14/h1-7H,(H,16,17)(H,18,19). The van der Waals surface area contributed by atoms with Crippen LogP contribution in [-0.2, 0) is 0 Å². The van der Waals surface area contributed by atoms with Crippen molar-refractivity contribution in [2.75, 3.05) is 0 Å². The topological polar surface area (TPSA) is 57.4 Å². The number of hydrogen-bond donors (Lipinski definition) is 2. The first-order chi connectivity index (χ1) is 9.31. The summed E-state index contributed by atoms with van der Waals surface area (Å²) in [6, 6.07) is 13.6. The zero-order valence-corrected chi connectivity index (χ0v) is 10.6. The van der Waals surface area contributed by atoms with Gasteiger partial charge in [-0.25, -0.2) is 4.98 Å². The summed E-state index contributed by atoms with van der Waals surface area (Å²) in [5.41, 5.74) is 3.65. The lowest BCUT2D eigenvalue weighted by atomic mass is 10.2. The summed E-state index contributed by atoms with van der Waals surface area (Å²) in [5, 5.41) is 8.99. The van der Waals surface area contributed by atoms with Gasteiger partial charge in [-0.2, -0.15) is 5.10 Å². The molecular weight excluding hydrogens is 260 g/mol. The van der Waals surface area contributed by atoms with Gasteiger partial charge in [0.15, 0.2) is 5.82 Å². The van der Waals surface area contributed by atoms with Crippen LogP contribution >= 0.6 is 11.6 Å². The Hall–Kier alpha value is -2.33. The molecule has 5 heteroatoms. The molecule has 2 N–H and O–H groups in total. The van der Waals surface area contributed by atoms with E-state index in [1.807, 2.05) is 42.5 Å². The lowest BCUT2D eigenvalue weighted by Gasteiger charge is -1.92. The van der Waals surface area contributed by atoms with Crippen LogP contribution in [0.25, 0.3) is 33.5 Å². The van der Waals surface area contributed by atoms with Crippen molar-refractivity contribution in [1.82, 2.24) is 20.2 Å². The SMILES string of the molecule is Clc1ccc2c(-c3nc4ccccc4[nH]3)n[nH]c2c1. The molecule has 2 aromatic carbocycles. The first kappa shape index (κ1) is 10.6. The zero-order valence-electron chi connectivity index (χ0n) is 9.81. The molecule has 0 unspecified atom stereocenters. The van der Waals surface area contributed by atoms with Crippen molar-refractivity contribution in [2.45, 2.75) is 0 Å². The normalized spacial score (nSPS) is 11.4. The minimum atomic E-state index is 0.687. The number of nitrogens with one attached hydrogen (secondary N) is 2. The molecule has 4 nitrogen and oxygen atoms in total. The fourth-order valence-electron chi connectivity index (χ4n) is 2.24. The highest BCUT2D eigenvalue weighted by molar-refractivity contribution is 6.31. The van der Waals surface area contributed by atoms with Gasteiger partial charge >= 0.3 is 0 Å². The molecule has 0 radical (unpaired) electrons. The number of para-hydroxylation sites is 2. The van der Waals surface area contributed by atoms with E-state index in [9.17, 15) is 0 Å². The lowest BCUT2D eigenvalue weighted by Crippen LogP contribution is -1.80. The number of hydrogen-bond acceptors (Lipinski definition) is 2. The summed E-state index contributed by atoms with van der Waals surface area (Å²) < 4.78 is 0. The van der Waals surface area contributed by atoms with Gasteiger partial charge < -0.3 is 4.98 Å². The van der Waals surface area contributed by atoms with Crippen LogP contribution < -0.4 is 0 Å². The average Bonchev–Trinajstić information content (AvgIpc) is 3.00. The van der Waals surface area contributed by atoms with Crippen LogP contribution in [0.4, 0.5) is 0 Å². The van der Waals surface area contributed by atoms with E-state index in [0.29, 0.717) is 5.02 Å². The maximum Gasteiger partial charge on any atom is 0.159 e. The number of nitrogens with zero attached hydrogens (tertiary/aromatic N) is 2. The molecule has 0 fully saturated rings. The van der Waals surface area contributed by atoms with E-state index in [1.54, 1.807) is 0 Å². The van der Waals surface area contributed by atoms with Crippen LogP contribution in [0.5, 0.6) is 0 Å². The third-order valence-electron chi connectivity index (χ3n) is 3.14. The smallest absolute Gasteiger partial charge is 0.159 e. The molecule has 0 aliphatic heterocycles. The van der Waals surface area contributed by atoms with Crippen molar-refractivity contribution in [3.63, 3.8) is 0 Å². The molecule has 0 bridgehead atoms. The highest BCUT2D eigenvalue weighted by atomic mass is 35.5. The van der Waals surface area contributed by atoms with E-state index >= 15 is 0 Å². The largest absolute Gasteiger partial charge is 0.337 e. The number of aromatic nitrogens is 4. The molecule has 4 aromatic rings. The fraction of sp³-hybridized carbons (Fsp3) is 0. The Labute approximate surface area is 113 Å². The molecule has 0 saturated heterocycles. The molecule has 0 spiro atoms. The van der Waals surface area contributed by atoms with Crippen LogP contribution in [0.15, 0.2) is 42.5 Å². The molecule has 2 heterocycles. The van der Waals surface area contributed by atoms with Crippen LogP contribution in [0.2, 0.25) is 5.02 Å². The van der Waals surface area contributed by atoms with Gasteiger partial charge in [-0.15, -0.1) is 0 Å². The summed E-state index contributed by atoms with van der Waals surface area (Å²) in [6.45, 7) is 0. The molecule has 0 aliphatic rings. The van der Waals surface area contributed by atoms with Crippen molar-refractivity contribution in [3.8, 4) is 11.5 Å². The number of fused-ring (bicyclic) bond motifs is 2. The molecule has 0 saturated carbocycles. The van der Waals surface area contributed by atoms with Gasteiger partial charge in [0.25, 0.3) is 0 Å². The Bertz CT molecular complexity index is 858. The fourth-order valence-corrected chi connectivity index (χ4v) is 2.41. The van der Waals surface area contributed by atoms with Crippen LogP contribution in [0, 0.1) is 0 Å². The Kier molecular flexibility index (Phi) is 2.13. The van der Waals surface area contributed by atoms with Gasteiger partial charge in [-0.05, 0) is 30.3 Å². The van der Waals surface area contributed by atoms with Gasteiger partial charge in [0.05, 0.1) is 16.6 Å². The predicted octanol–water partition coefficient (Wildman–Crippen LogP) is 3.76. The third kappa shape index (κ3) is 1.61. The Morgan fingerprint density at radius 2 is 1.89 bits per heavy atom. The second-order valence-electron chi connectivity index (χ2n) is 4.36. The van der Waals surface area contributed by atoms with Crippen molar-refractivity contribution >= 4 is 33.5 Å².